The molecule has 0 saturated heterocycles. The first-order valence-electron chi connectivity index (χ1n) is 6.21. The third-order valence-corrected chi connectivity index (χ3v) is 2.95. The van der Waals surface area contributed by atoms with Crippen molar-refractivity contribution in [3.05, 3.63) is 35.4 Å². The SMILES string of the molecule is CCn1nccc1CN(C)C(=O)c1cc(C(F)(F)F)[nH]n1. The molecule has 0 aliphatic rings. The van der Waals surface area contributed by atoms with Gasteiger partial charge in [0.05, 0.1) is 12.2 Å². The van der Waals surface area contributed by atoms with Gasteiger partial charge in [-0.25, -0.2) is 0 Å². The lowest BCUT2D eigenvalue weighted by atomic mass is 10.3. The first-order valence-corrected chi connectivity index (χ1v) is 6.21. The van der Waals surface area contributed by atoms with E-state index in [-0.39, 0.29) is 12.2 Å². The average Bonchev–Trinajstić information content (AvgIpc) is 3.05. The number of nitrogens with one attached hydrogen (secondary N) is 1. The monoisotopic (exact) mass is 301 g/mol. The van der Waals surface area contributed by atoms with Gasteiger partial charge in [-0.3, -0.25) is 14.6 Å². The Labute approximate surface area is 118 Å². The summed E-state index contributed by atoms with van der Waals surface area (Å²) >= 11 is 0. The van der Waals surface area contributed by atoms with Crippen molar-refractivity contribution >= 4 is 5.91 Å². The number of carbonyl (C=O) groups excluding carboxylic acids is 1. The normalized spacial score (nSPS) is 11.7. The number of halogens is 3. The Morgan fingerprint density at radius 3 is 2.76 bits per heavy atom. The highest BCUT2D eigenvalue weighted by Crippen LogP contribution is 2.27. The Morgan fingerprint density at radius 2 is 2.19 bits per heavy atom. The molecule has 0 unspecified atom stereocenters. The van der Waals surface area contributed by atoms with Gasteiger partial charge in [0, 0.05) is 25.9 Å². The van der Waals surface area contributed by atoms with E-state index in [4.69, 9.17) is 0 Å². The summed E-state index contributed by atoms with van der Waals surface area (Å²) in [5.41, 5.74) is -0.523. The molecule has 2 rings (SSSR count). The number of hydrogen-bond donors (Lipinski definition) is 1. The molecule has 114 valence electrons. The molecular weight excluding hydrogens is 287 g/mol. The largest absolute Gasteiger partial charge is 0.432 e. The number of aryl methyl sites for hydroxylation is 1. The maximum absolute atomic E-state index is 12.5. The van der Waals surface area contributed by atoms with Crippen molar-refractivity contribution in [3.8, 4) is 0 Å². The van der Waals surface area contributed by atoms with Crippen LogP contribution in [-0.4, -0.2) is 37.8 Å². The summed E-state index contributed by atoms with van der Waals surface area (Å²) in [6, 6.07) is 2.45. The van der Waals surface area contributed by atoms with Crippen LogP contribution in [0.15, 0.2) is 18.3 Å². The molecule has 1 amide bonds. The van der Waals surface area contributed by atoms with Crippen LogP contribution in [0.5, 0.6) is 0 Å². The van der Waals surface area contributed by atoms with Crippen LogP contribution in [0, 0.1) is 0 Å². The Kier molecular flexibility index (Phi) is 4.01. The van der Waals surface area contributed by atoms with Crippen LogP contribution in [-0.2, 0) is 19.3 Å². The molecule has 2 aromatic rings. The first kappa shape index (κ1) is 15.1. The zero-order chi connectivity index (χ0) is 15.6. The molecule has 0 atom stereocenters. The van der Waals surface area contributed by atoms with Gasteiger partial charge >= 0.3 is 6.18 Å². The molecule has 0 spiro atoms. The number of aromatic nitrogens is 4. The average molecular weight is 301 g/mol. The Bertz CT molecular complexity index is 631. The number of amides is 1. The summed E-state index contributed by atoms with van der Waals surface area (Å²) in [7, 11) is 1.50. The van der Waals surface area contributed by atoms with Crippen molar-refractivity contribution in [3.63, 3.8) is 0 Å². The minimum absolute atomic E-state index is 0.237. The van der Waals surface area contributed by atoms with E-state index in [1.165, 1.54) is 11.9 Å². The molecule has 0 bridgehead atoms. The number of alkyl halides is 3. The minimum Gasteiger partial charge on any atom is -0.334 e. The van der Waals surface area contributed by atoms with Gasteiger partial charge in [-0.05, 0) is 13.0 Å². The van der Waals surface area contributed by atoms with E-state index in [9.17, 15) is 18.0 Å². The number of carbonyl (C=O) groups is 1. The molecule has 2 aromatic heterocycles. The van der Waals surface area contributed by atoms with Gasteiger partial charge in [0.2, 0.25) is 0 Å². The van der Waals surface area contributed by atoms with Crippen LogP contribution in [0.4, 0.5) is 13.2 Å². The van der Waals surface area contributed by atoms with Gasteiger partial charge in [-0.1, -0.05) is 0 Å². The van der Waals surface area contributed by atoms with E-state index in [0.29, 0.717) is 12.6 Å². The quantitative estimate of drug-likeness (QED) is 0.938. The lowest BCUT2D eigenvalue weighted by Gasteiger charge is -2.16. The maximum atomic E-state index is 12.5. The molecule has 0 aliphatic heterocycles. The van der Waals surface area contributed by atoms with Gasteiger partial charge in [0.15, 0.2) is 5.69 Å². The maximum Gasteiger partial charge on any atom is 0.432 e. The van der Waals surface area contributed by atoms with E-state index in [2.05, 4.69) is 10.2 Å². The van der Waals surface area contributed by atoms with Crippen LogP contribution in [0.3, 0.4) is 0 Å². The van der Waals surface area contributed by atoms with Crippen LogP contribution in [0.2, 0.25) is 0 Å². The fourth-order valence-electron chi connectivity index (χ4n) is 1.87. The highest BCUT2D eigenvalue weighted by molar-refractivity contribution is 5.92. The topological polar surface area (TPSA) is 66.8 Å². The minimum atomic E-state index is -4.55. The number of hydrogen-bond acceptors (Lipinski definition) is 3. The molecule has 0 aromatic carbocycles. The van der Waals surface area contributed by atoms with Gasteiger partial charge in [0.25, 0.3) is 5.91 Å². The molecular formula is C12H14F3N5O. The van der Waals surface area contributed by atoms with Crippen LogP contribution < -0.4 is 0 Å². The van der Waals surface area contributed by atoms with Crippen molar-refractivity contribution < 1.29 is 18.0 Å². The predicted octanol–water partition coefficient (Wildman–Crippen LogP) is 1.92. The molecule has 6 nitrogen and oxygen atoms in total. The zero-order valence-corrected chi connectivity index (χ0v) is 11.5. The summed E-state index contributed by atoms with van der Waals surface area (Å²) < 4.78 is 39.1. The molecule has 21 heavy (non-hydrogen) atoms. The Hall–Kier alpha value is -2.32. The van der Waals surface area contributed by atoms with Crippen LogP contribution in [0.1, 0.15) is 28.8 Å². The first-order chi connectivity index (χ1) is 9.82. The summed E-state index contributed by atoms with van der Waals surface area (Å²) in [5, 5.41) is 9.30. The Balaban J connectivity index is 2.11. The molecule has 0 saturated carbocycles. The zero-order valence-electron chi connectivity index (χ0n) is 11.5. The van der Waals surface area contributed by atoms with Crippen molar-refractivity contribution in [1.82, 2.24) is 24.9 Å². The van der Waals surface area contributed by atoms with Crippen LogP contribution in [0.25, 0.3) is 0 Å². The second-order valence-electron chi connectivity index (χ2n) is 4.46. The number of rotatable bonds is 4. The smallest absolute Gasteiger partial charge is 0.334 e. The number of nitrogens with zero attached hydrogens (tertiary/aromatic N) is 4. The lowest BCUT2D eigenvalue weighted by Crippen LogP contribution is -2.27. The molecule has 2 heterocycles. The molecule has 1 N–H and O–H groups in total. The van der Waals surface area contributed by atoms with E-state index >= 15 is 0 Å². The standard InChI is InChI=1S/C12H14F3N5O/c1-3-20-8(4-5-16-20)7-19(2)11(21)9-6-10(18-17-9)12(13,14)15/h4-6H,3,7H2,1-2H3,(H,17,18). The highest BCUT2D eigenvalue weighted by atomic mass is 19.4. The van der Waals surface area contributed by atoms with Gasteiger partial charge in [-0.15, -0.1) is 0 Å². The number of H-pyrrole nitrogens is 1. The third kappa shape index (κ3) is 3.23. The van der Waals surface area contributed by atoms with Crippen molar-refractivity contribution in [2.45, 2.75) is 26.2 Å². The van der Waals surface area contributed by atoms with E-state index < -0.39 is 17.8 Å². The third-order valence-electron chi connectivity index (χ3n) is 2.95. The predicted molar refractivity (Wildman–Crippen MR) is 67.3 cm³/mol. The molecule has 0 aliphatic carbocycles. The van der Waals surface area contributed by atoms with Crippen molar-refractivity contribution in [2.75, 3.05) is 7.05 Å². The molecule has 0 radical (unpaired) electrons. The fourth-order valence-corrected chi connectivity index (χ4v) is 1.87. The van der Waals surface area contributed by atoms with Gasteiger partial charge < -0.3 is 4.90 Å². The van der Waals surface area contributed by atoms with Gasteiger partial charge in [0.1, 0.15) is 5.69 Å². The highest BCUT2D eigenvalue weighted by Gasteiger charge is 2.34. The second kappa shape index (κ2) is 5.58. The summed E-state index contributed by atoms with van der Waals surface area (Å²) in [4.78, 5) is 13.3. The van der Waals surface area contributed by atoms with E-state index in [0.717, 1.165) is 5.69 Å². The summed E-state index contributed by atoms with van der Waals surface area (Å²) in [6.07, 6.45) is -2.95. The Morgan fingerprint density at radius 1 is 1.48 bits per heavy atom. The number of aromatic amines is 1. The molecule has 0 fully saturated rings. The molecule has 9 heteroatoms. The summed E-state index contributed by atoms with van der Waals surface area (Å²) in [5.74, 6) is -0.592. The lowest BCUT2D eigenvalue weighted by molar-refractivity contribution is -0.141. The van der Waals surface area contributed by atoms with Crippen molar-refractivity contribution in [2.24, 2.45) is 0 Å². The summed E-state index contributed by atoms with van der Waals surface area (Å²) in [6.45, 7) is 2.79. The van der Waals surface area contributed by atoms with Crippen molar-refractivity contribution in [1.29, 1.82) is 0 Å². The second-order valence-corrected chi connectivity index (χ2v) is 4.46. The van der Waals surface area contributed by atoms with E-state index in [1.807, 2.05) is 12.0 Å². The van der Waals surface area contributed by atoms with Crippen LogP contribution >= 0.6 is 0 Å². The van der Waals surface area contributed by atoms with Gasteiger partial charge in [-0.2, -0.15) is 23.4 Å². The fraction of sp³-hybridized carbons (Fsp3) is 0.417. The van der Waals surface area contributed by atoms with E-state index in [1.54, 1.807) is 16.9 Å².